The van der Waals surface area contributed by atoms with Gasteiger partial charge in [0.05, 0.1) is 6.04 Å². The molecule has 0 spiro atoms. The molecule has 1 saturated heterocycles. The van der Waals surface area contributed by atoms with Crippen molar-refractivity contribution < 1.29 is 29.0 Å². The Morgan fingerprint density at radius 1 is 0.826 bits per heavy atom. The number of ether oxygens (including phenoxy) is 1. The molecule has 4 atom stereocenters. The Balaban J connectivity index is 1.51. The molecule has 0 bridgehead atoms. The van der Waals surface area contributed by atoms with E-state index in [1.165, 1.54) is 17.0 Å². The summed E-state index contributed by atoms with van der Waals surface area (Å²) in [6.45, 7) is 5.65. The van der Waals surface area contributed by atoms with E-state index in [2.05, 4.69) is 10.6 Å². The van der Waals surface area contributed by atoms with Crippen LogP contribution in [-0.4, -0.2) is 70.0 Å². The average molecular weight is 629 g/mol. The first-order chi connectivity index (χ1) is 21.9. The lowest BCUT2D eigenvalue weighted by Gasteiger charge is -2.29. The van der Waals surface area contributed by atoms with Crippen molar-refractivity contribution in [2.75, 3.05) is 6.54 Å². The molecule has 4 unspecified atom stereocenters. The third-order valence-electron chi connectivity index (χ3n) is 7.75. The Kier molecular flexibility index (Phi) is 11.5. The standard InChI is InChI=1S/C36H44N4O6/c1-36(2,3)46-35(45)30(23-25-13-8-5-9-14-25)39-32(42)29(22-24-11-6-4-7-12-24)38-33(43)31-15-10-20-40(31)34(44)28(37)21-26-16-18-27(41)19-17-26/h4-9,11-14,16-19,28-31,41H,10,15,20-23,37H2,1-3H3,(H,38,43)(H,39,42). The van der Waals surface area contributed by atoms with Crippen LogP contribution < -0.4 is 16.4 Å². The number of nitrogens with one attached hydrogen (secondary N) is 2. The molecule has 0 radical (unpaired) electrons. The zero-order chi connectivity index (χ0) is 33.3. The molecule has 0 saturated carbocycles. The number of carbonyl (C=O) groups is 4. The van der Waals surface area contributed by atoms with E-state index in [1.54, 1.807) is 32.9 Å². The molecule has 1 aliphatic rings. The van der Waals surface area contributed by atoms with E-state index in [1.807, 2.05) is 60.7 Å². The molecular weight excluding hydrogens is 584 g/mol. The molecular formula is C36H44N4O6. The van der Waals surface area contributed by atoms with Crippen LogP contribution in [0, 0.1) is 0 Å². The van der Waals surface area contributed by atoms with E-state index in [9.17, 15) is 24.3 Å². The van der Waals surface area contributed by atoms with Gasteiger partial charge in [-0.2, -0.15) is 0 Å². The summed E-state index contributed by atoms with van der Waals surface area (Å²) in [6.07, 6.45) is 1.67. The smallest absolute Gasteiger partial charge is 0.329 e. The molecule has 3 aromatic rings. The van der Waals surface area contributed by atoms with Crippen LogP contribution in [0.25, 0.3) is 0 Å². The first-order valence-electron chi connectivity index (χ1n) is 15.6. The Hall–Kier alpha value is -4.70. The van der Waals surface area contributed by atoms with Crippen LogP contribution in [0.3, 0.4) is 0 Å². The van der Waals surface area contributed by atoms with Crippen molar-refractivity contribution in [3.63, 3.8) is 0 Å². The summed E-state index contributed by atoms with van der Waals surface area (Å²) in [5.41, 5.74) is 7.95. The first kappa shape index (κ1) is 34.2. The van der Waals surface area contributed by atoms with Gasteiger partial charge in [-0.25, -0.2) is 4.79 Å². The number of esters is 1. The molecule has 1 aliphatic heterocycles. The lowest BCUT2D eigenvalue weighted by atomic mass is 10.0. The summed E-state index contributed by atoms with van der Waals surface area (Å²) in [4.78, 5) is 55.7. The number of nitrogens with zero attached hydrogens (tertiary/aromatic N) is 1. The predicted molar refractivity (Wildman–Crippen MR) is 175 cm³/mol. The number of benzene rings is 3. The fourth-order valence-electron chi connectivity index (χ4n) is 5.50. The number of nitrogens with two attached hydrogens (primary N) is 1. The highest BCUT2D eigenvalue weighted by Crippen LogP contribution is 2.21. The zero-order valence-corrected chi connectivity index (χ0v) is 26.6. The number of carbonyl (C=O) groups excluding carboxylic acids is 4. The summed E-state index contributed by atoms with van der Waals surface area (Å²) < 4.78 is 5.64. The SMILES string of the molecule is CC(C)(C)OC(=O)C(Cc1ccccc1)NC(=O)C(Cc1ccccc1)NC(=O)C1CCCN1C(=O)C(N)Cc1ccc(O)cc1. The fourth-order valence-corrected chi connectivity index (χ4v) is 5.50. The van der Waals surface area contributed by atoms with Crippen molar-refractivity contribution in [3.8, 4) is 5.75 Å². The van der Waals surface area contributed by atoms with Gasteiger partial charge >= 0.3 is 5.97 Å². The summed E-state index contributed by atoms with van der Waals surface area (Å²) >= 11 is 0. The maximum Gasteiger partial charge on any atom is 0.329 e. The Morgan fingerprint density at radius 3 is 1.93 bits per heavy atom. The van der Waals surface area contributed by atoms with Gasteiger partial charge in [-0.3, -0.25) is 14.4 Å². The number of hydrogen-bond donors (Lipinski definition) is 4. The Morgan fingerprint density at radius 2 is 1.37 bits per heavy atom. The molecule has 10 nitrogen and oxygen atoms in total. The van der Waals surface area contributed by atoms with Gasteiger partial charge in [0, 0.05) is 19.4 Å². The van der Waals surface area contributed by atoms with E-state index in [0.717, 1.165) is 16.7 Å². The van der Waals surface area contributed by atoms with E-state index in [0.29, 0.717) is 19.4 Å². The monoisotopic (exact) mass is 628 g/mol. The summed E-state index contributed by atoms with van der Waals surface area (Å²) in [5, 5.41) is 15.3. The second kappa shape index (κ2) is 15.5. The van der Waals surface area contributed by atoms with E-state index in [4.69, 9.17) is 10.5 Å². The second-order valence-electron chi connectivity index (χ2n) is 12.7. The van der Waals surface area contributed by atoms with Gasteiger partial charge in [0.15, 0.2) is 0 Å². The number of rotatable bonds is 12. The highest BCUT2D eigenvalue weighted by atomic mass is 16.6. The minimum Gasteiger partial charge on any atom is -0.508 e. The lowest BCUT2D eigenvalue weighted by Crippen LogP contribution is -2.57. The average Bonchev–Trinajstić information content (AvgIpc) is 3.51. The van der Waals surface area contributed by atoms with Crippen molar-refractivity contribution in [2.45, 2.75) is 82.6 Å². The van der Waals surface area contributed by atoms with Crippen molar-refractivity contribution in [1.82, 2.24) is 15.5 Å². The number of hydrogen-bond acceptors (Lipinski definition) is 7. The molecule has 244 valence electrons. The second-order valence-corrected chi connectivity index (χ2v) is 12.7. The van der Waals surface area contributed by atoms with Crippen LogP contribution in [0.15, 0.2) is 84.9 Å². The van der Waals surface area contributed by atoms with Crippen LogP contribution in [0.4, 0.5) is 0 Å². The van der Waals surface area contributed by atoms with Gasteiger partial charge in [0.2, 0.25) is 17.7 Å². The summed E-state index contributed by atoms with van der Waals surface area (Å²) in [7, 11) is 0. The van der Waals surface area contributed by atoms with Crippen molar-refractivity contribution in [1.29, 1.82) is 0 Å². The van der Waals surface area contributed by atoms with Crippen LogP contribution in [-0.2, 0) is 43.2 Å². The molecule has 10 heteroatoms. The van der Waals surface area contributed by atoms with Crippen LogP contribution in [0.5, 0.6) is 5.75 Å². The molecule has 3 amide bonds. The normalized spacial score (nSPS) is 16.6. The predicted octanol–water partition coefficient (Wildman–Crippen LogP) is 3.05. The fraction of sp³-hybridized carbons (Fsp3) is 0.389. The molecule has 4 rings (SSSR count). The largest absolute Gasteiger partial charge is 0.508 e. The van der Waals surface area contributed by atoms with Crippen molar-refractivity contribution in [3.05, 3.63) is 102 Å². The number of phenolic OH excluding ortho intramolecular Hbond substituents is 1. The third kappa shape index (κ3) is 9.90. The molecule has 1 heterocycles. The number of amides is 3. The Bertz CT molecular complexity index is 1470. The molecule has 3 aromatic carbocycles. The Labute approximate surface area is 270 Å². The van der Waals surface area contributed by atoms with Crippen LogP contribution >= 0.6 is 0 Å². The van der Waals surface area contributed by atoms with Crippen LogP contribution in [0.1, 0.15) is 50.3 Å². The topological polar surface area (TPSA) is 151 Å². The third-order valence-corrected chi connectivity index (χ3v) is 7.75. The lowest BCUT2D eigenvalue weighted by molar-refractivity contribution is -0.158. The van der Waals surface area contributed by atoms with Crippen LogP contribution in [0.2, 0.25) is 0 Å². The maximum absolute atomic E-state index is 13.9. The van der Waals surface area contributed by atoms with E-state index < -0.39 is 47.6 Å². The van der Waals surface area contributed by atoms with Gasteiger partial charge in [-0.1, -0.05) is 72.8 Å². The zero-order valence-electron chi connectivity index (χ0n) is 26.6. The number of likely N-dealkylation sites (tertiary alicyclic amines) is 1. The molecule has 0 aliphatic carbocycles. The summed E-state index contributed by atoms with van der Waals surface area (Å²) in [5.74, 6) is -1.82. The van der Waals surface area contributed by atoms with Crippen molar-refractivity contribution >= 4 is 23.7 Å². The minimum atomic E-state index is -1.03. The quantitative estimate of drug-likeness (QED) is 0.225. The molecule has 0 aromatic heterocycles. The molecule has 46 heavy (non-hydrogen) atoms. The van der Waals surface area contributed by atoms with Gasteiger partial charge in [0.1, 0.15) is 29.5 Å². The van der Waals surface area contributed by atoms with Gasteiger partial charge in [-0.05, 0) is 68.9 Å². The maximum atomic E-state index is 13.9. The number of phenols is 1. The molecule has 1 fully saturated rings. The highest BCUT2D eigenvalue weighted by molar-refractivity contribution is 5.94. The van der Waals surface area contributed by atoms with Gasteiger partial charge in [0.25, 0.3) is 0 Å². The first-order valence-corrected chi connectivity index (χ1v) is 15.6. The minimum absolute atomic E-state index is 0.117. The highest BCUT2D eigenvalue weighted by Gasteiger charge is 2.38. The van der Waals surface area contributed by atoms with E-state index >= 15 is 0 Å². The number of aromatic hydroxyl groups is 1. The van der Waals surface area contributed by atoms with Crippen molar-refractivity contribution in [2.24, 2.45) is 5.73 Å². The molecule has 5 N–H and O–H groups in total. The van der Waals surface area contributed by atoms with E-state index in [-0.39, 0.29) is 30.9 Å². The van der Waals surface area contributed by atoms with Gasteiger partial charge < -0.3 is 31.1 Å². The summed E-state index contributed by atoms with van der Waals surface area (Å²) in [6, 6.07) is 21.3. The van der Waals surface area contributed by atoms with Gasteiger partial charge in [-0.15, -0.1) is 0 Å².